The van der Waals surface area contributed by atoms with Gasteiger partial charge in [0.25, 0.3) is 5.91 Å². The number of piperazine rings is 1. The second-order valence-corrected chi connectivity index (χ2v) is 9.90. The van der Waals surface area contributed by atoms with Crippen LogP contribution in [0.2, 0.25) is 0 Å². The van der Waals surface area contributed by atoms with Crippen molar-refractivity contribution in [3.8, 4) is 11.8 Å². The molecular weight excluding hydrogens is 481 g/mol. The molecule has 37 heavy (non-hydrogen) atoms. The van der Waals surface area contributed by atoms with Crippen LogP contribution in [-0.4, -0.2) is 48.5 Å². The van der Waals surface area contributed by atoms with Gasteiger partial charge in [-0.25, -0.2) is 0 Å². The van der Waals surface area contributed by atoms with Gasteiger partial charge in [0.2, 0.25) is 5.56 Å². The minimum Gasteiger partial charge on any atom is -0.367 e. The number of anilines is 2. The van der Waals surface area contributed by atoms with Crippen LogP contribution in [-0.2, 0) is 6.18 Å². The molecule has 6 nitrogen and oxygen atoms in total. The maximum atomic E-state index is 13.6. The van der Waals surface area contributed by atoms with E-state index in [2.05, 4.69) is 45.9 Å². The number of nitrogens with one attached hydrogen (secondary N) is 2. The molecule has 2 aliphatic rings. The second kappa shape index (κ2) is 11.4. The van der Waals surface area contributed by atoms with E-state index in [1.54, 1.807) is 6.07 Å². The fourth-order valence-corrected chi connectivity index (χ4v) is 5.11. The Labute approximate surface area is 215 Å². The van der Waals surface area contributed by atoms with E-state index in [0.29, 0.717) is 29.3 Å². The van der Waals surface area contributed by atoms with Crippen LogP contribution in [0.4, 0.5) is 24.5 Å². The number of hydrogen-bond donors (Lipinski definition) is 2. The highest BCUT2D eigenvalue weighted by Gasteiger charge is 2.36. The van der Waals surface area contributed by atoms with Crippen LogP contribution >= 0.6 is 0 Å². The van der Waals surface area contributed by atoms with Crippen LogP contribution in [0.5, 0.6) is 0 Å². The molecule has 2 heterocycles. The van der Waals surface area contributed by atoms with Crippen LogP contribution in [0.15, 0.2) is 35.3 Å². The molecule has 1 aromatic heterocycles. The molecule has 0 bridgehead atoms. The van der Waals surface area contributed by atoms with E-state index >= 15 is 0 Å². The van der Waals surface area contributed by atoms with Gasteiger partial charge in [-0.2, -0.15) is 13.2 Å². The van der Waals surface area contributed by atoms with Crippen molar-refractivity contribution >= 4 is 17.3 Å². The first kappa shape index (κ1) is 26.8. The largest absolute Gasteiger partial charge is 0.417 e. The Bertz CT molecular complexity index is 1240. The summed E-state index contributed by atoms with van der Waals surface area (Å²) in [5, 5.41) is 2.69. The molecule has 1 saturated heterocycles. The monoisotopic (exact) mass is 514 g/mol. The number of hydrogen-bond acceptors (Lipinski definition) is 4. The number of benzene rings is 1. The molecule has 9 heteroatoms. The fraction of sp³-hybridized carbons (Fsp3) is 0.500. The third kappa shape index (κ3) is 6.55. The lowest BCUT2D eigenvalue weighted by molar-refractivity contribution is -0.138. The summed E-state index contributed by atoms with van der Waals surface area (Å²) in [6.07, 6.45) is 2.63. The molecule has 0 radical (unpaired) electrons. The molecule has 1 saturated carbocycles. The number of alkyl halides is 3. The van der Waals surface area contributed by atoms with Crippen molar-refractivity contribution in [3.63, 3.8) is 0 Å². The predicted molar refractivity (Wildman–Crippen MR) is 139 cm³/mol. The van der Waals surface area contributed by atoms with E-state index in [4.69, 9.17) is 0 Å². The van der Waals surface area contributed by atoms with Gasteiger partial charge >= 0.3 is 6.18 Å². The van der Waals surface area contributed by atoms with Crippen LogP contribution in [0.1, 0.15) is 66.9 Å². The van der Waals surface area contributed by atoms with E-state index in [1.807, 2.05) is 12.1 Å². The number of halogens is 3. The van der Waals surface area contributed by atoms with Crippen molar-refractivity contribution in [3.05, 3.63) is 57.5 Å². The Morgan fingerprint density at radius 2 is 1.92 bits per heavy atom. The average Bonchev–Trinajstić information content (AvgIpc) is 2.88. The van der Waals surface area contributed by atoms with E-state index in [9.17, 15) is 22.8 Å². The zero-order valence-corrected chi connectivity index (χ0v) is 21.3. The molecule has 4 rings (SSSR count). The molecule has 1 aromatic carbocycles. The number of carbonyl (C=O) groups excluding carboxylic acids is 1. The highest BCUT2D eigenvalue weighted by molar-refractivity contribution is 6.07. The number of likely N-dealkylation sites (N-methyl/N-ethyl adjacent to an activating group) is 1. The molecule has 2 fully saturated rings. The van der Waals surface area contributed by atoms with Gasteiger partial charge in [-0.05, 0) is 44.5 Å². The minimum absolute atomic E-state index is 0.319. The Kier molecular flexibility index (Phi) is 8.28. The molecule has 2 aromatic rings. The molecule has 1 unspecified atom stereocenters. The van der Waals surface area contributed by atoms with Crippen LogP contribution in [0.25, 0.3) is 0 Å². The number of rotatable bonds is 4. The summed E-state index contributed by atoms with van der Waals surface area (Å²) < 4.78 is 40.8. The quantitative estimate of drug-likeness (QED) is 0.557. The molecule has 1 atom stereocenters. The second-order valence-electron chi connectivity index (χ2n) is 9.90. The predicted octanol–water partition coefficient (Wildman–Crippen LogP) is 5.11. The third-order valence-corrected chi connectivity index (χ3v) is 7.33. The lowest BCUT2D eigenvalue weighted by Crippen LogP contribution is -2.51. The number of aromatic nitrogens is 1. The molecule has 2 N–H and O–H groups in total. The summed E-state index contributed by atoms with van der Waals surface area (Å²) in [6, 6.07) is 6.26. The molecule has 1 aliphatic carbocycles. The summed E-state index contributed by atoms with van der Waals surface area (Å²) in [7, 11) is 2.08. The van der Waals surface area contributed by atoms with Crippen LogP contribution in [0, 0.1) is 17.8 Å². The standard InChI is InChI=1S/C28H33F3N4O2/c1-3-21-18-35(14-13-34(21)2)25-12-11-20(10-9-19-7-5-4-6-8-19)15-24(25)33-27(37)22-17-32-26(36)16-23(22)28(29,30)31/h11-12,15-17,19,21H,3-8,13-14,18H2,1-2H3,(H,32,36)(H,33,37). The number of carbonyl (C=O) groups is 1. The smallest absolute Gasteiger partial charge is 0.367 e. The Morgan fingerprint density at radius 1 is 1.16 bits per heavy atom. The zero-order valence-electron chi connectivity index (χ0n) is 21.3. The lowest BCUT2D eigenvalue weighted by Gasteiger charge is -2.41. The lowest BCUT2D eigenvalue weighted by atomic mass is 9.89. The maximum absolute atomic E-state index is 13.6. The van der Waals surface area contributed by atoms with Crippen LogP contribution < -0.4 is 15.8 Å². The summed E-state index contributed by atoms with van der Waals surface area (Å²) in [5.74, 6) is 5.94. The number of amides is 1. The Hall–Kier alpha value is -3.25. The summed E-state index contributed by atoms with van der Waals surface area (Å²) in [4.78, 5) is 31.3. The molecule has 1 amide bonds. The highest BCUT2D eigenvalue weighted by Crippen LogP contribution is 2.33. The first-order valence-corrected chi connectivity index (χ1v) is 12.9. The number of nitrogens with zero attached hydrogens (tertiary/aromatic N) is 2. The van der Waals surface area contributed by atoms with Crippen LogP contribution in [0.3, 0.4) is 0 Å². The molecule has 1 aliphatic heterocycles. The summed E-state index contributed by atoms with van der Waals surface area (Å²) >= 11 is 0. The Balaban J connectivity index is 1.68. The van der Waals surface area contributed by atoms with Crippen molar-refractivity contribution in [2.24, 2.45) is 5.92 Å². The first-order chi connectivity index (χ1) is 17.7. The molecule has 198 valence electrons. The summed E-state index contributed by atoms with van der Waals surface area (Å²) in [6.45, 7) is 4.39. The van der Waals surface area contributed by atoms with Gasteiger partial charge < -0.3 is 15.2 Å². The van der Waals surface area contributed by atoms with Gasteiger partial charge in [-0.15, -0.1) is 0 Å². The van der Waals surface area contributed by atoms with Crippen molar-refractivity contribution < 1.29 is 18.0 Å². The van der Waals surface area contributed by atoms with E-state index in [-0.39, 0.29) is 0 Å². The molecule has 0 spiro atoms. The Morgan fingerprint density at radius 3 is 2.62 bits per heavy atom. The highest BCUT2D eigenvalue weighted by atomic mass is 19.4. The van der Waals surface area contributed by atoms with E-state index in [1.165, 1.54) is 19.3 Å². The van der Waals surface area contributed by atoms with Crippen molar-refractivity contribution in [2.45, 2.75) is 57.7 Å². The normalized spacial score (nSPS) is 19.3. The van der Waals surface area contributed by atoms with E-state index < -0.39 is 28.8 Å². The number of aromatic amines is 1. The molecular formula is C28H33F3N4O2. The van der Waals surface area contributed by atoms with Gasteiger partial charge in [0.05, 0.1) is 22.5 Å². The summed E-state index contributed by atoms with van der Waals surface area (Å²) in [5.41, 5.74) is -0.994. The average molecular weight is 515 g/mol. The maximum Gasteiger partial charge on any atom is 0.417 e. The minimum atomic E-state index is -4.84. The van der Waals surface area contributed by atoms with Gasteiger partial charge in [0.15, 0.2) is 0 Å². The van der Waals surface area contributed by atoms with Gasteiger partial charge in [-0.3, -0.25) is 14.5 Å². The van der Waals surface area contributed by atoms with E-state index in [0.717, 1.165) is 50.8 Å². The van der Waals surface area contributed by atoms with Gasteiger partial charge in [-0.1, -0.05) is 38.0 Å². The fourth-order valence-electron chi connectivity index (χ4n) is 5.11. The van der Waals surface area contributed by atoms with Crippen molar-refractivity contribution in [1.82, 2.24) is 9.88 Å². The van der Waals surface area contributed by atoms with Gasteiger partial charge in [0.1, 0.15) is 0 Å². The topological polar surface area (TPSA) is 68.4 Å². The SMILES string of the molecule is CCC1CN(c2ccc(C#CC3CCCCC3)cc2NC(=O)c2c[nH]c(=O)cc2C(F)(F)F)CCN1C. The van der Waals surface area contributed by atoms with Crippen molar-refractivity contribution in [2.75, 3.05) is 36.9 Å². The number of H-pyrrole nitrogens is 1. The zero-order chi connectivity index (χ0) is 26.6. The number of pyridine rings is 1. The first-order valence-electron chi connectivity index (χ1n) is 12.9. The van der Waals surface area contributed by atoms with Gasteiger partial charge in [0, 0.05) is 49.4 Å². The van der Waals surface area contributed by atoms with Crippen molar-refractivity contribution in [1.29, 1.82) is 0 Å². The third-order valence-electron chi connectivity index (χ3n) is 7.33.